The van der Waals surface area contributed by atoms with Gasteiger partial charge in [0.1, 0.15) is 5.69 Å². The molecule has 22 heavy (non-hydrogen) atoms. The first-order chi connectivity index (χ1) is 10.5. The zero-order valence-corrected chi connectivity index (χ0v) is 13.0. The Morgan fingerprint density at radius 1 is 1.23 bits per heavy atom. The molecular formula is C14H20N6O2. The van der Waals surface area contributed by atoms with Crippen molar-refractivity contribution in [3.05, 3.63) is 29.7 Å². The third kappa shape index (κ3) is 3.72. The summed E-state index contributed by atoms with van der Waals surface area (Å²) in [7, 11) is 0. The molecule has 0 unspecified atom stereocenters. The molecule has 118 valence electrons. The van der Waals surface area contributed by atoms with Gasteiger partial charge in [-0.15, -0.1) is 0 Å². The summed E-state index contributed by atoms with van der Waals surface area (Å²) < 4.78 is 3.31. The highest BCUT2D eigenvalue weighted by atomic mass is 16.2. The molecule has 0 spiro atoms. The zero-order chi connectivity index (χ0) is 16.1. The second kappa shape index (κ2) is 6.88. The van der Waals surface area contributed by atoms with Gasteiger partial charge in [-0.25, -0.2) is 0 Å². The van der Waals surface area contributed by atoms with Gasteiger partial charge < -0.3 is 10.6 Å². The van der Waals surface area contributed by atoms with Gasteiger partial charge in [0.05, 0.1) is 12.2 Å². The Bertz CT molecular complexity index is 673. The van der Waals surface area contributed by atoms with Crippen molar-refractivity contribution in [2.75, 3.05) is 11.9 Å². The minimum Gasteiger partial charge on any atom is -0.342 e. The van der Waals surface area contributed by atoms with Gasteiger partial charge in [-0.05, 0) is 26.8 Å². The van der Waals surface area contributed by atoms with Crippen molar-refractivity contribution < 1.29 is 9.59 Å². The topological polar surface area (TPSA) is 93.8 Å². The molecule has 0 fully saturated rings. The maximum absolute atomic E-state index is 12.1. The van der Waals surface area contributed by atoms with E-state index in [0.29, 0.717) is 18.1 Å². The van der Waals surface area contributed by atoms with Gasteiger partial charge in [0.15, 0.2) is 5.82 Å². The minimum absolute atomic E-state index is 0.119. The molecule has 2 aromatic rings. The van der Waals surface area contributed by atoms with E-state index in [1.54, 1.807) is 27.7 Å². The number of rotatable bonds is 6. The Morgan fingerprint density at radius 2 is 2.00 bits per heavy atom. The fraction of sp³-hybridized carbons (Fsp3) is 0.429. The van der Waals surface area contributed by atoms with Crippen LogP contribution in [0.3, 0.4) is 0 Å². The number of anilines is 1. The van der Waals surface area contributed by atoms with Crippen LogP contribution >= 0.6 is 0 Å². The quantitative estimate of drug-likeness (QED) is 0.825. The number of aryl methyl sites for hydroxylation is 3. The van der Waals surface area contributed by atoms with Crippen molar-refractivity contribution in [2.24, 2.45) is 0 Å². The van der Waals surface area contributed by atoms with Crippen LogP contribution in [0.5, 0.6) is 0 Å². The molecule has 2 heterocycles. The first-order valence-corrected chi connectivity index (χ1v) is 7.19. The van der Waals surface area contributed by atoms with Crippen LogP contribution in [-0.4, -0.2) is 37.9 Å². The van der Waals surface area contributed by atoms with Crippen LogP contribution < -0.4 is 10.6 Å². The summed E-state index contributed by atoms with van der Waals surface area (Å²) in [5.74, 6) is -0.179. The molecule has 0 radical (unpaired) electrons. The molecule has 0 atom stereocenters. The molecule has 0 saturated carbocycles. The highest BCUT2D eigenvalue weighted by molar-refractivity contribution is 5.98. The molecule has 0 aliphatic rings. The summed E-state index contributed by atoms with van der Waals surface area (Å²) in [6.45, 7) is 6.88. The summed E-state index contributed by atoms with van der Waals surface area (Å²) in [6.07, 6.45) is 1.77. The Labute approximate surface area is 128 Å². The molecule has 0 aliphatic heterocycles. The van der Waals surface area contributed by atoms with E-state index in [0.717, 1.165) is 12.2 Å². The Hall–Kier alpha value is -2.64. The molecular weight excluding hydrogens is 284 g/mol. The third-order valence-electron chi connectivity index (χ3n) is 3.08. The number of carbonyl (C=O) groups excluding carboxylic acids is 2. The SMILES string of the molecule is CCn1ccc(NC(=O)CNC(=O)c2cc(C)nn2CC)n1. The molecule has 8 heteroatoms. The molecule has 0 aliphatic carbocycles. The monoisotopic (exact) mass is 304 g/mol. The van der Waals surface area contributed by atoms with Crippen LogP contribution in [0.25, 0.3) is 0 Å². The molecule has 8 nitrogen and oxygen atoms in total. The van der Waals surface area contributed by atoms with Crippen molar-refractivity contribution >= 4 is 17.6 Å². The lowest BCUT2D eigenvalue weighted by molar-refractivity contribution is -0.115. The van der Waals surface area contributed by atoms with E-state index in [1.807, 2.05) is 20.8 Å². The van der Waals surface area contributed by atoms with Crippen LogP contribution in [-0.2, 0) is 17.9 Å². The van der Waals surface area contributed by atoms with Crippen LogP contribution in [0.2, 0.25) is 0 Å². The molecule has 0 saturated heterocycles. The van der Waals surface area contributed by atoms with Gasteiger partial charge >= 0.3 is 0 Å². The van der Waals surface area contributed by atoms with E-state index in [4.69, 9.17) is 0 Å². The van der Waals surface area contributed by atoms with Crippen LogP contribution in [0.4, 0.5) is 5.82 Å². The van der Waals surface area contributed by atoms with Gasteiger partial charge in [0.2, 0.25) is 5.91 Å². The number of amides is 2. The molecule has 2 aromatic heterocycles. The normalized spacial score (nSPS) is 10.5. The first-order valence-electron chi connectivity index (χ1n) is 7.19. The number of hydrogen-bond donors (Lipinski definition) is 2. The van der Waals surface area contributed by atoms with E-state index in [9.17, 15) is 9.59 Å². The van der Waals surface area contributed by atoms with E-state index in [-0.39, 0.29) is 18.4 Å². The molecule has 2 rings (SSSR count). The summed E-state index contributed by atoms with van der Waals surface area (Å²) >= 11 is 0. The lowest BCUT2D eigenvalue weighted by Gasteiger charge is -2.06. The smallest absolute Gasteiger partial charge is 0.269 e. The van der Waals surface area contributed by atoms with Crippen molar-refractivity contribution in [3.63, 3.8) is 0 Å². The summed E-state index contributed by atoms with van der Waals surface area (Å²) in [6, 6.07) is 3.40. The van der Waals surface area contributed by atoms with E-state index in [1.165, 1.54) is 0 Å². The fourth-order valence-corrected chi connectivity index (χ4v) is 2.01. The van der Waals surface area contributed by atoms with Gasteiger partial charge in [-0.2, -0.15) is 10.2 Å². The van der Waals surface area contributed by atoms with Crippen molar-refractivity contribution in [1.29, 1.82) is 0 Å². The summed E-state index contributed by atoms with van der Waals surface area (Å²) in [5.41, 5.74) is 1.21. The van der Waals surface area contributed by atoms with Crippen LogP contribution in [0.15, 0.2) is 18.3 Å². The zero-order valence-electron chi connectivity index (χ0n) is 13.0. The second-order valence-corrected chi connectivity index (χ2v) is 4.77. The standard InChI is InChI=1S/C14H20N6O2/c1-4-19-7-6-12(18-19)16-13(21)9-15-14(22)11-8-10(3)17-20(11)5-2/h6-8H,4-5,9H2,1-3H3,(H,15,22)(H,16,18,21). The lowest BCUT2D eigenvalue weighted by atomic mass is 10.3. The number of nitrogens with zero attached hydrogens (tertiary/aromatic N) is 4. The Kier molecular flexibility index (Phi) is 4.92. The average Bonchev–Trinajstić information content (AvgIpc) is 3.10. The molecule has 2 amide bonds. The van der Waals surface area contributed by atoms with Gasteiger partial charge in [-0.1, -0.05) is 0 Å². The second-order valence-electron chi connectivity index (χ2n) is 4.77. The van der Waals surface area contributed by atoms with Gasteiger partial charge in [0.25, 0.3) is 5.91 Å². The van der Waals surface area contributed by atoms with Crippen LogP contribution in [0, 0.1) is 6.92 Å². The molecule has 0 bridgehead atoms. The molecule has 0 aromatic carbocycles. The maximum atomic E-state index is 12.1. The number of aromatic nitrogens is 4. The summed E-state index contributed by atoms with van der Waals surface area (Å²) in [4.78, 5) is 23.9. The first kappa shape index (κ1) is 15.7. The van der Waals surface area contributed by atoms with Crippen LogP contribution in [0.1, 0.15) is 30.0 Å². The predicted octanol–water partition coefficient (Wildman–Crippen LogP) is 0.796. The Morgan fingerprint density at radius 3 is 2.64 bits per heavy atom. The maximum Gasteiger partial charge on any atom is 0.269 e. The van der Waals surface area contributed by atoms with Crippen molar-refractivity contribution in [3.8, 4) is 0 Å². The Balaban J connectivity index is 1.88. The minimum atomic E-state index is -0.325. The lowest BCUT2D eigenvalue weighted by Crippen LogP contribution is -2.34. The fourth-order valence-electron chi connectivity index (χ4n) is 2.01. The van der Waals surface area contributed by atoms with Crippen molar-refractivity contribution in [2.45, 2.75) is 33.9 Å². The van der Waals surface area contributed by atoms with Crippen molar-refractivity contribution in [1.82, 2.24) is 24.9 Å². The average molecular weight is 304 g/mol. The largest absolute Gasteiger partial charge is 0.342 e. The predicted molar refractivity (Wildman–Crippen MR) is 81.5 cm³/mol. The number of carbonyl (C=O) groups is 2. The van der Waals surface area contributed by atoms with E-state index < -0.39 is 0 Å². The highest BCUT2D eigenvalue weighted by Crippen LogP contribution is 2.04. The third-order valence-corrected chi connectivity index (χ3v) is 3.08. The van der Waals surface area contributed by atoms with Gasteiger partial charge in [-0.3, -0.25) is 19.0 Å². The van der Waals surface area contributed by atoms with Gasteiger partial charge in [0, 0.05) is 25.4 Å². The summed E-state index contributed by atoms with van der Waals surface area (Å²) in [5, 5.41) is 13.6. The number of nitrogens with one attached hydrogen (secondary N) is 2. The molecule has 2 N–H and O–H groups in total. The van der Waals surface area contributed by atoms with E-state index >= 15 is 0 Å². The number of hydrogen-bond acceptors (Lipinski definition) is 4. The van der Waals surface area contributed by atoms with E-state index in [2.05, 4.69) is 20.8 Å². The highest BCUT2D eigenvalue weighted by Gasteiger charge is 2.14.